The predicted molar refractivity (Wildman–Crippen MR) is 58.1 cm³/mol. The van der Waals surface area contributed by atoms with E-state index in [1.807, 2.05) is 7.05 Å². The van der Waals surface area contributed by atoms with Gasteiger partial charge in [0.1, 0.15) is 6.04 Å². The molecular weight excluding hydrogens is 214 g/mol. The van der Waals surface area contributed by atoms with Gasteiger partial charge in [-0.25, -0.2) is 4.98 Å². The van der Waals surface area contributed by atoms with Crippen molar-refractivity contribution < 1.29 is 9.90 Å². The Bertz CT molecular complexity index is 375. The Morgan fingerprint density at radius 2 is 2.47 bits per heavy atom. The number of carboxylic acids is 1. The Kier molecular flexibility index (Phi) is 2.62. The standard InChI is InChI=1S/C9H13N3O2S/c1-12(5-2-3-5)9-11-6(4-15-9)7(10)8(13)14/h4-5,7H,2-3,10H2,1H3,(H,13,14). The number of rotatable bonds is 4. The lowest BCUT2D eigenvalue weighted by Crippen LogP contribution is -2.22. The number of hydrogen-bond acceptors (Lipinski definition) is 5. The Labute approximate surface area is 91.5 Å². The number of nitrogens with zero attached hydrogens (tertiary/aromatic N) is 2. The minimum atomic E-state index is -1.04. The van der Waals surface area contributed by atoms with Crippen LogP contribution in [0.25, 0.3) is 0 Å². The normalized spacial score (nSPS) is 17.5. The van der Waals surface area contributed by atoms with Gasteiger partial charge in [0.25, 0.3) is 0 Å². The van der Waals surface area contributed by atoms with Gasteiger partial charge in [0.05, 0.1) is 5.69 Å². The van der Waals surface area contributed by atoms with Crippen molar-refractivity contribution in [2.75, 3.05) is 11.9 Å². The molecule has 0 radical (unpaired) electrons. The monoisotopic (exact) mass is 227 g/mol. The molecule has 1 atom stereocenters. The third kappa shape index (κ3) is 2.10. The van der Waals surface area contributed by atoms with Crippen molar-refractivity contribution in [3.63, 3.8) is 0 Å². The number of hydrogen-bond donors (Lipinski definition) is 2. The SMILES string of the molecule is CN(c1nc(C(N)C(=O)O)cs1)C1CC1. The van der Waals surface area contributed by atoms with E-state index < -0.39 is 12.0 Å². The van der Waals surface area contributed by atoms with Crippen molar-refractivity contribution in [3.05, 3.63) is 11.1 Å². The number of carbonyl (C=O) groups is 1. The highest BCUT2D eigenvalue weighted by Crippen LogP contribution is 2.32. The van der Waals surface area contributed by atoms with Gasteiger partial charge in [0, 0.05) is 18.5 Å². The zero-order valence-corrected chi connectivity index (χ0v) is 9.20. The topological polar surface area (TPSA) is 79.5 Å². The molecule has 1 saturated carbocycles. The fourth-order valence-corrected chi connectivity index (χ4v) is 2.22. The van der Waals surface area contributed by atoms with Gasteiger partial charge in [0.2, 0.25) is 0 Å². The van der Waals surface area contributed by atoms with Crippen LogP contribution in [0.15, 0.2) is 5.38 Å². The van der Waals surface area contributed by atoms with Crippen LogP contribution in [0.1, 0.15) is 24.6 Å². The Balaban J connectivity index is 2.12. The molecule has 0 aliphatic heterocycles. The van der Waals surface area contributed by atoms with E-state index in [4.69, 9.17) is 10.8 Å². The first kappa shape index (κ1) is 10.4. The van der Waals surface area contributed by atoms with Crippen LogP contribution in [-0.2, 0) is 4.79 Å². The highest BCUT2D eigenvalue weighted by molar-refractivity contribution is 7.13. The van der Waals surface area contributed by atoms with Crippen molar-refractivity contribution in [2.45, 2.75) is 24.9 Å². The first-order chi connectivity index (χ1) is 7.09. The van der Waals surface area contributed by atoms with E-state index >= 15 is 0 Å². The molecule has 15 heavy (non-hydrogen) atoms. The quantitative estimate of drug-likeness (QED) is 0.796. The number of thiazole rings is 1. The molecule has 1 aliphatic carbocycles. The number of aliphatic carboxylic acids is 1. The van der Waals surface area contributed by atoms with Crippen molar-refractivity contribution in [3.8, 4) is 0 Å². The summed E-state index contributed by atoms with van der Waals surface area (Å²) >= 11 is 1.44. The molecule has 0 amide bonds. The van der Waals surface area contributed by atoms with E-state index in [9.17, 15) is 4.79 Å². The van der Waals surface area contributed by atoms with Gasteiger partial charge in [-0.1, -0.05) is 0 Å². The van der Waals surface area contributed by atoms with Crippen molar-refractivity contribution in [2.24, 2.45) is 5.73 Å². The molecule has 6 heteroatoms. The summed E-state index contributed by atoms with van der Waals surface area (Å²) in [5, 5.41) is 11.3. The maximum atomic E-state index is 10.7. The van der Waals surface area contributed by atoms with E-state index in [0.717, 1.165) is 5.13 Å². The zero-order valence-electron chi connectivity index (χ0n) is 8.38. The smallest absolute Gasteiger partial charge is 0.326 e. The predicted octanol–water partition coefficient (Wildman–Crippen LogP) is 0.826. The zero-order chi connectivity index (χ0) is 11.0. The first-order valence-electron chi connectivity index (χ1n) is 4.76. The molecule has 0 aromatic carbocycles. The third-order valence-electron chi connectivity index (χ3n) is 2.49. The summed E-state index contributed by atoms with van der Waals surface area (Å²) in [7, 11) is 1.98. The Hall–Kier alpha value is -1.14. The summed E-state index contributed by atoms with van der Waals surface area (Å²) in [6.07, 6.45) is 2.38. The molecule has 2 rings (SSSR count). The first-order valence-corrected chi connectivity index (χ1v) is 5.64. The summed E-state index contributed by atoms with van der Waals surface area (Å²) in [4.78, 5) is 17.0. The summed E-state index contributed by atoms with van der Waals surface area (Å²) in [5.41, 5.74) is 5.91. The van der Waals surface area contributed by atoms with Crippen LogP contribution in [0.4, 0.5) is 5.13 Å². The van der Waals surface area contributed by atoms with Gasteiger partial charge in [0.15, 0.2) is 5.13 Å². The molecule has 1 heterocycles. The maximum Gasteiger partial charge on any atom is 0.326 e. The highest BCUT2D eigenvalue weighted by Gasteiger charge is 2.28. The van der Waals surface area contributed by atoms with Crippen LogP contribution in [0.2, 0.25) is 0 Å². The minimum absolute atomic E-state index is 0.440. The molecule has 1 aromatic rings. The number of nitrogens with two attached hydrogens (primary N) is 1. The summed E-state index contributed by atoms with van der Waals surface area (Å²) in [5.74, 6) is -1.04. The average molecular weight is 227 g/mol. The lowest BCUT2D eigenvalue weighted by molar-refractivity contribution is -0.138. The van der Waals surface area contributed by atoms with Crippen molar-refractivity contribution in [1.29, 1.82) is 0 Å². The van der Waals surface area contributed by atoms with Crippen LogP contribution in [0, 0.1) is 0 Å². The fourth-order valence-electron chi connectivity index (χ4n) is 1.33. The molecule has 82 valence electrons. The van der Waals surface area contributed by atoms with Gasteiger partial charge in [-0.2, -0.15) is 0 Å². The minimum Gasteiger partial charge on any atom is -0.480 e. The molecule has 3 N–H and O–H groups in total. The Morgan fingerprint density at radius 3 is 3.00 bits per heavy atom. The van der Waals surface area contributed by atoms with Gasteiger partial charge in [-0.05, 0) is 12.8 Å². The molecule has 5 nitrogen and oxygen atoms in total. The van der Waals surface area contributed by atoms with Crippen LogP contribution in [0.5, 0.6) is 0 Å². The van der Waals surface area contributed by atoms with E-state index in [-0.39, 0.29) is 0 Å². The van der Waals surface area contributed by atoms with Gasteiger partial charge < -0.3 is 15.7 Å². The third-order valence-corrected chi connectivity index (χ3v) is 3.44. The second-order valence-electron chi connectivity index (χ2n) is 3.71. The lowest BCUT2D eigenvalue weighted by atomic mass is 10.2. The maximum absolute atomic E-state index is 10.7. The fraction of sp³-hybridized carbons (Fsp3) is 0.556. The number of aromatic nitrogens is 1. The van der Waals surface area contributed by atoms with Gasteiger partial charge >= 0.3 is 5.97 Å². The molecule has 1 fully saturated rings. The van der Waals surface area contributed by atoms with Crippen LogP contribution in [-0.4, -0.2) is 29.1 Å². The van der Waals surface area contributed by atoms with Crippen LogP contribution >= 0.6 is 11.3 Å². The molecule has 1 aromatic heterocycles. The highest BCUT2D eigenvalue weighted by atomic mass is 32.1. The van der Waals surface area contributed by atoms with E-state index in [1.54, 1.807) is 5.38 Å². The molecule has 1 unspecified atom stereocenters. The van der Waals surface area contributed by atoms with Crippen LogP contribution in [0.3, 0.4) is 0 Å². The van der Waals surface area contributed by atoms with E-state index in [1.165, 1.54) is 24.2 Å². The molecule has 0 spiro atoms. The lowest BCUT2D eigenvalue weighted by Gasteiger charge is -2.13. The van der Waals surface area contributed by atoms with Crippen LogP contribution < -0.4 is 10.6 Å². The Morgan fingerprint density at radius 1 is 1.80 bits per heavy atom. The number of anilines is 1. The summed E-state index contributed by atoms with van der Waals surface area (Å²) in [6.45, 7) is 0. The second-order valence-corrected chi connectivity index (χ2v) is 4.55. The van der Waals surface area contributed by atoms with E-state index in [2.05, 4.69) is 9.88 Å². The van der Waals surface area contributed by atoms with Crippen molar-refractivity contribution >= 4 is 22.4 Å². The summed E-state index contributed by atoms with van der Waals surface area (Å²) < 4.78 is 0. The van der Waals surface area contributed by atoms with E-state index in [0.29, 0.717) is 11.7 Å². The molecule has 0 saturated heterocycles. The van der Waals surface area contributed by atoms with Gasteiger partial charge in [-0.15, -0.1) is 11.3 Å². The molecule has 0 bridgehead atoms. The van der Waals surface area contributed by atoms with Crippen molar-refractivity contribution in [1.82, 2.24) is 4.98 Å². The second kappa shape index (κ2) is 3.79. The molecular formula is C9H13N3O2S. The number of carboxylic acid groups (broad SMARTS) is 1. The largest absolute Gasteiger partial charge is 0.480 e. The average Bonchev–Trinajstić information content (AvgIpc) is 2.93. The summed E-state index contributed by atoms with van der Waals surface area (Å²) in [6, 6.07) is -0.437. The molecule has 1 aliphatic rings. The van der Waals surface area contributed by atoms with Gasteiger partial charge in [-0.3, -0.25) is 4.79 Å².